The number of hydrogen-bond acceptors (Lipinski definition) is 4. The van der Waals surface area contributed by atoms with E-state index in [9.17, 15) is 4.79 Å². The van der Waals surface area contributed by atoms with E-state index in [-0.39, 0.29) is 5.91 Å². The Kier molecular flexibility index (Phi) is 6.56. The number of nitrogens with one attached hydrogen (secondary N) is 2. The van der Waals surface area contributed by atoms with E-state index in [2.05, 4.69) is 34.7 Å². The molecule has 0 aliphatic heterocycles. The van der Waals surface area contributed by atoms with Gasteiger partial charge in [0.1, 0.15) is 5.82 Å². The molecule has 2 aromatic rings. The highest BCUT2D eigenvalue weighted by atomic mass is 16.5. The zero-order chi connectivity index (χ0) is 16.5. The molecule has 5 nitrogen and oxygen atoms in total. The van der Waals surface area contributed by atoms with Crippen molar-refractivity contribution >= 4 is 11.7 Å². The van der Waals surface area contributed by atoms with Crippen LogP contribution in [0.2, 0.25) is 0 Å². The molecule has 1 amide bonds. The topological polar surface area (TPSA) is 63.2 Å². The van der Waals surface area contributed by atoms with Crippen LogP contribution in [0.25, 0.3) is 0 Å². The van der Waals surface area contributed by atoms with Gasteiger partial charge in [-0.3, -0.25) is 4.79 Å². The second-order valence-electron chi connectivity index (χ2n) is 5.31. The number of aromatic nitrogens is 1. The van der Waals surface area contributed by atoms with Gasteiger partial charge in [-0.25, -0.2) is 4.98 Å². The van der Waals surface area contributed by atoms with Crippen LogP contribution >= 0.6 is 0 Å². The van der Waals surface area contributed by atoms with E-state index in [0.717, 1.165) is 12.2 Å². The maximum Gasteiger partial charge on any atom is 0.252 e. The van der Waals surface area contributed by atoms with Crippen LogP contribution in [0.15, 0.2) is 42.6 Å². The van der Waals surface area contributed by atoms with E-state index in [1.165, 1.54) is 11.1 Å². The third-order valence-electron chi connectivity index (χ3n) is 3.56. The average molecular weight is 313 g/mol. The van der Waals surface area contributed by atoms with Crippen LogP contribution in [0, 0.1) is 6.92 Å². The van der Waals surface area contributed by atoms with Crippen molar-refractivity contribution in [2.45, 2.75) is 19.9 Å². The van der Waals surface area contributed by atoms with E-state index in [1.807, 2.05) is 18.2 Å². The Balaban J connectivity index is 1.84. The van der Waals surface area contributed by atoms with Gasteiger partial charge < -0.3 is 15.4 Å². The maximum atomic E-state index is 11.9. The number of aryl methyl sites for hydroxylation is 1. The Morgan fingerprint density at radius 1 is 1.22 bits per heavy atom. The van der Waals surface area contributed by atoms with Gasteiger partial charge in [0.05, 0.1) is 5.56 Å². The summed E-state index contributed by atoms with van der Waals surface area (Å²) in [5.74, 6) is 0.642. The van der Waals surface area contributed by atoms with Crippen molar-refractivity contribution in [2.24, 2.45) is 0 Å². The Morgan fingerprint density at radius 2 is 2.04 bits per heavy atom. The van der Waals surface area contributed by atoms with Gasteiger partial charge >= 0.3 is 0 Å². The first-order valence-electron chi connectivity index (χ1n) is 7.72. The molecular formula is C18H23N3O2. The van der Waals surface area contributed by atoms with E-state index >= 15 is 0 Å². The monoisotopic (exact) mass is 313 g/mol. The summed E-state index contributed by atoms with van der Waals surface area (Å²) in [7, 11) is 1.65. The lowest BCUT2D eigenvalue weighted by atomic mass is 10.1. The largest absolute Gasteiger partial charge is 0.385 e. The van der Waals surface area contributed by atoms with Crippen molar-refractivity contribution < 1.29 is 9.53 Å². The summed E-state index contributed by atoms with van der Waals surface area (Å²) in [6.07, 6.45) is 2.39. The molecule has 122 valence electrons. The summed E-state index contributed by atoms with van der Waals surface area (Å²) in [5.41, 5.74) is 3.03. The van der Waals surface area contributed by atoms with E-state index in [4.69, 9.17) is 4.74 Å². The highest BCUT2D eigenvalue weighted by Gasteiger charge is 2.05. The van der Waals surface area contributed by atoms with E-state index in [0.29, 0.717) is 25.3 Å². The molecule has 2 rings (SSSR count). The van der Waals surface area contributed by atoms with E-state index in [1.54, 1.807) is 19.4 Å². The Bertz CT molecular complexity index is 626. The molecule has 0 fully saturated rings. The highest BCUT2D eigenvalue weighted by Crippen LogP contribution is 2.11. The number of benzene rings is 1. The second-order valence-corrected chi connectivity index (χ2v) is 5.31. The quantitative estimate of drug-likeness (QED) is 0.736. The molecule has 0 aliphatic carbocycles. The fraction of sp³-hybridized carbons (Fsp3) is 0.333. The van der Waals surface area contributed by atoms with Crippen molar-refractivity contribution in [2.75, 3.05) is 25.6 Å². The van der Waals surface area contributed by atoms with Gasteiger partial charge in [0.25, 0.3) is 5.91 Å². The summed E-state index contributed by atoms with van der Waals surface area (Å²) in [6.45, 7) is 4.03. The number of amides is 1. The summed E-state index contributed by atoms with van der Waals surface area (Å²) in [5, 5.41) is 6.11. The number of carbonyl (C=O) groups excluding carboxylic acids is 1. The van der Waals surface area contributed by atoms with Crippen molar-refractivity contribution in [3.05, 3.63) is 59.3 Å². The van der Waals surface area contributed by atoms with Crippen LogP contribution in [0.1, 0.15) is 27.9 Å². The van der Waals surface area contributed by atoms with Crippen molar-refractivity contribution in [1.29, 1.82) is 0 Å². The molecule has 1 heterocycles. The lowest BCUT2D eigenvalue weighted by Gasteiger charge is -2.09. The summed E-state index contributed by atoms with van der Waals surface area (Å²) >= 11 is 0. The van der Waals surface area contributed by atoms with Crippen molar-refractivity contribution in [1.82, 2.24) is 10.3 Å². The molecular weight excluding hydrogens is 290 g/mol. The first-order chi connectivity index (χ1) is 11.2. The molecule has 0 saturated heterocycles. The molecule has 2 N–H and O–H groups in total. The van der Waals surface area contributed by atoms with Gasteiger partial charge in [-0.1, -0.05) is 24.3 Å². The van der Waals surface area contributed by atoms with Crippen LogP contribution < -0.4 is 10.6 Å². The van der Waals surface area contributed by atoms with Crippen LogP contribution in [0.3, 0.4) is 0 Å². The van der Waals surface area contributed by atoms with Gasteiger partial charge in [0.15, 0.2) is 0 Å². The van der Waals surface area contributed by atoms with Gasteiger partial charge in [0, 0.05) is 33.0 Å². The molecule has 23 heavy (non-hydrogen) atoms. The zero-order valence-corrected chi connectivity index (χ0v) is 13.6. The maximum absolute atomic E-state index is 11.9. The standard InChI is InChI=1S/C18H23N3O2/c1-14-6-3-4-7-15(14)12-20-17-9-8-16(13-21-17)18(22)19-10-5-11-23-2/h3-4,6-9,13H,5,10-12H2,1-2H3,(H,19,22)(H,20,21). The summed E-state index contributed by atoms with van der Waals surface area (Å²) < 4.78 is 4.94. The highest BCUT2D eigenvalue weighted by molar-refractivity contribution is 5.94. The number of nitrogens with zero attached hydrogens (tertiary/aromatic N) is 1. The first-order valence-corrected chi connectivity index (χ1v) is 7.72. The predicted molar refractivity (Wildman–Crippen MR) is 91.6 cm³/mol. The lowest BCUT2D eigenvalue weighted by molar-refractivity contribution is 0.0948. The third kappa shape index (κ3) is 5.38. The van der Waals surface area contributed by atoms with Gasteiger partial charge in [-0.2, -0.15) is 0 Å². The Morgan fingerprint density at radius 3 is 2.74 bits per heavy atom. The number of methoxy groups -OCH3 is 1. The summed E-state index contributed by atoms with van der Waals surface area (Å²) in [6, 6.07) is 11.8. The predicted octanol–water partition coefficient (Wildman–Crippen LogP) is 2.77. The molecule has 1 aromatic heterocycles. The van der Waals surface area contributed by atoms with E-state index < -0.39 is 0 Å². The van der Waals surface area contributed by atoms with Crippen molar-refractivity contribution in [3.63, 3.8) is 0 Å². The average Bonchev–Trinajstić information content (AvgIpc) is 2.58. The Hall–Kier alpha value is -2.40. The number of carbonyl (C=O) groups is 1. The fourth-order valence-corrected chi connectivity index (χ4v) is 2.15. The van der Waals surface area contributed by atoms with Crippen LogP contribution in [0.4, 0.5) is 5.82 Å². The van der Waals surface area contributed by atoms with Gasteiger partial charge in [-0.05, 0) is 36.6 Å². The van der Waals surface area contributed by atoms with Gasteiger partial charge in [0.2, 0.25) is 0 Å². The molecule has 0 aliphatic rings. The normalized spacial score (nSPS) is 10.3. The number of pyridine rings is 1. The molecule has 0 bridgehead atoms. The smallest absolute Gasteiger partial charge is 0.252 e. The second kappa shape index (κ2) is 8.90. The SMILES string of the molecule is COCCCNC(=O)c1ccc(NCc2ccccc2C)nc1. The number of rotatable bonds is 8. The minimum Gasteiger partial charge on any atom is -0.385 e. The molecule has 0 radical (unpaired) electrons. The molecule has 1 aromatic carbocycles. The molecule has 0 unspecified atom stereocenters. The minimum atomic E-state index is -0.112. The number of ether oxygens (including phenoxy) is 1. The van der Waals surface area contributed by atoms with Crippen LogP contribution in [-0.4, -0.2) is 31.2 Å². The fourth-order valence-electron chi connectivity index (χ4n) is 2.15. The van der Waals surface area contributed by atoms with Crippen molar-refractivity contribution in [3.8, 4) is 0 Å². The molecule has 0 saturated carbocycles. The van der Waals surface area contributed by atoms with Crippen LogP contribution in [0.5, 0.6) is 0 Å². The first kappa shape index (κ1) is 17.0. The third-order valence-corrected chi connectivity index (χ3v) is 3.56. The molecule has 0 spiro atoms. The Labute approximate surface area is 137 Å². The molecule has 5 heteroatoms. The number of anilines is 1. The molecule has 0 atom stereocenters. The van der Waals surface area contributed by atoms with Crippen LogP contribution in [-0.2, 0) is 11.3 Å². The lowest BCUT2D eigenvalue weighted by Crippen LogP contribution is -2.25. The number of hydrogen-bond donors (Lipinski definition) is 2. The summed E-state index contributed by atoms with van der Waals surface area (Å²) in [4.78, 5) is 16.2. The zero-order valence-electron chi connectivity index (χ0n) is 13.6. The minimum absolute atomic E-state index is 0.112. The van der Waals surface area contributed by atoms with Gasteiger partial charge in [-0.15, -0.1) is 0 Å².